The minimum Gasteiger partial charge on any atom is -0.508 e. The van der Waals surface area contributed by atoms with E-state index in [1.807, 2.05) is 32.2 Å². The van der Waals surface area contributed by atoms with Gasteiger partial charge in [0.1, 0.15) is 17.6 Å². The second-order valence-corrected chi connectivity index (χ2v) is 29.0. The highest BCUT2D eigenvalue weighted by atomic mass is 16.6. The molecule has 11 heteroatoms. The molecule has 0 amide bonds. The molecule has 6 saturated carbocycles. The smallest absolute Gasteiger partial charge is 0.163 e. The highest BCUT2D eigenvalue weighted by molar-refractivity contribution is 6.03. The molecule has 77 heavy (non-hydrogen) atoms. The van der Waals surface area contributed by atoms with Crippen LogP contribution in [-0.4, -0.2) is 95.2 Å². The first-order valence-electron chi connectivity index (χ1n) is 31.0. The summed E-state index contributed by atoms with van der Waals surface area (Å²) in [5, 5.41) is 58.6. The van der Waals surface area contributed by atoms with Crippen LogP contribution in [0.15, 0.2) is 53.6 Å². The van der Waals surface area contributed by atoms with Crippen LogP contribution in [0.3, 0.4) is 0 Å². The number of carbonyl (C=O) groups excluding carboxylic acids is 2. The van der Waals surface area contributed by atoms with E-state index in [1.165, 1.54) is 11.1 Å². The molecule has 8 fully saturated rings. The monoisotopic (exact) mass is 1060 g/mol. The molecule has 2 aromatic carbocycles. The fraction of sp³-hybridized carbons (Fsp3) is 0.758. The Hall–Kier alpha value is -3.16. The summed E-state index contributed by atoms with van der Waals surface area (Å²) in [6, 6.07) is 14.1. The fourth-order valence-corrected chi connectivity index (χ4v) is 22.2. The zero-order chi connectivity index (χ0) is 54.2. The van der Waals surface area contributed by atoms with Crippen molar-refractivity contribution in [3.8, 4) is 5.75 Å². The van der Waals surface area contributed by atoms with Crippen LogP contribution in [0.4, 0.5) is 5.69 Å². The molecule has 9 N–H and O–H groups in total. The minimum atomic E-state index is -0.904. The molecule has 11 nitrogen and oxygen atoms in total. The summed E-state index contributed by atoms with van der Waals surface area (Å²) in [5.74, 6) is 2.15. The number of rotatable bonds is 11. The standard InChI is InChI=1S/C66H96N4O7/c1-61(76)22-8-9-23-62(2)58-53(70-36-61)32-66-49-19-18-39-17-16-37(35-71)26-46(39)47(30-54(73)60-65(5,77-60)50-15-11-14-45(50)40-12-10-13-43(67)27-40)56-51(64(66,4)52(57(56)74)29-42(49)34-69-7)20-21-55(66)63(58,3)31-48(59(62)75)41-24-38(33-68-6)25-44(72)28-41/h10,12-13,24-25,27-28,37,39,42,45-50,52-55,58,60,68-73,76H,8-9,11,14-23,26,29-36,67H2,1-7H3. The van der Waals surface area contributed by atoms with Gasteiger partial charge in [-0.05, 0) is 247 Å². The normalized spacial score (nSPS) is 46.7. The first-order valence-corrected chi connectivity index (χ1v) is 31.0. The van der Waals surface area contributed by atoms with Crippen LogP contribution in [-0.2, 0) is 20.9 Å². The molecule has 12 rings (SSSR count). The number of epoxide rings is 1. The van der Waals surface area contributed by atoms with E-state index in [0.29, 0.717) is 61.7 Å². The summed E-state index contributed by atoms with van der Waals surface area (Å²) >= 11 is 0. The van der Waals surface area contributed by atoms with Gasteiger partial charge in [-0.3, -0.25) is 9.59 Å². The van der Waals surface area contributed by atoms with Gasteiger partial charge in [-0.1, -0.05) is 63.8 Å². The predicted molar refractivity (Wildman–Crippen MR) is 302 cm³/mol. The Morgan fingerprint density at radius 1 is 0.870 bits per heavy atom. The van der Waals surface area contributed by atoms with Gasteiger partial charge in [-0.15, -0.1) is 0 Å². The number of aliphatic hydroxyl groups is 3. The number of hydrogen-bond acceptors (Lipinski definition) is 11. The molecule has 21 unspecified atom stereocenters. The summed E-state index contributed by atoms with van der Waals surface area (Å²) in [4.78, 5) is 32.6. The molecule has 8 aliphatic carbocycles. The number of phenols is 1. The Morgan fingerprint density at radius 3 is 2.43 bits per heavy atom. The Labute approximate surface area is 460 Å². The van der Waals surface area contributed by atoms with Crippen LogP contribution in [0.2, 0.25) is 0 Å². The Kier molecular flexibility index (Phi) is 14.0. The number of nitrogens with one attached hydrogen (secondary N) is 3. The summed E-state index contributed by atoms with van der Waals surface area (Å²) < 4.78 is 6.86. The number of benzene rings is 2. The number of β-amino-alcohol motifs (C(OH)–C–C–N with tert-alkyl or cyclic N) is 1. The number of hydrogen-bond donors (Lipinski definition) is 8. The summed E-state index contributed by atoms with van der Waals surface area (Å²) in [7, 11) is 4.01. The van der Waals surface area contributed by atoms with Crippen molar-refractivity contribution >= 4 is 17.3 Å². The Morgan fingerprint density at radius 2 is 1.66 bits per heavy atom. The first kappa shape index (κ1) is 54.4. The molecule has 10 aliphatic rings. The van der Waals surface area contributed by atoms with Crippen molar-refractivity contribution in [1.82, 2.24) is 16.0 Å². The van der Waals surface area contributed by atoms with E-state index < -0.39 is 34.1 Å². The number of nitrogens with two attached hydrogens (primary N) is 1. The van der Waals surface area contributed by atoms with E-state index in [1.54, 1.807) is 0 Å². The zero-order valence-electron chi connectivity index (χ0n) is 47.8. The molecule has 21 atom stereocenters. The molecule has 2 aromatic rings. The van der Waals surface area contributed by atoms with Gasteiger partial charge in [0.2, 0.25) is 0 Å². The average Bonchev–Trinajstić information content (AvgIpc) is 4.00. The van der Waals surface area contributed by atoms with Crippen molar-refractivity contribution in [2.24, 2.45) is 80.8 Å². The second kappa shape index (κ2) is 19.8. The number of aromatic hydroxyl groups is 1. The van der Waals surface area contributed by atoms with Crippen molar-refractivity contribution < 1.29 is 34.8 Å². The van der Waals surface area contributed by atoms with E-state index >= 15 is 9.59 Å². The zero-order valence-corrected chi connectivity index (χ0v) is 47.8. The van der Waals surface area contributed by atoms with Crippen LogP contribution in [0.5, 0.6) is 5.75 Å². The lowest BCUT2D eigenvalue weighted by Gasteiger charge is -2.76. The predicted octanol–water partition coefficient (Wildman–Crippen LogP) is 9.75. The number of ether oxygens (including phenoxy) is 1. The van der Waals surface area contributed by atoms with Gasteiger partial charge in [-0.25, -0.2) is 0 Å². The highest BCUT2D eigenvalue weighted by Crippen LogP contribution is 2.82. The maximum atomic E-state index is 16.6. The molecule has 422 valence electrons. The lowest BCUT2D eigenvalue weighted by molar-refractivity contribution is -0.249. The number of phenolic OH excluding ortho intramolecular Hbond substituents is 1. The molecule has 2 saturated heterocycles. The lowest BCUT2D eigenvalue weighted by atomic mass is 9.28. The number of ketones is 2. The summed E-state index contributed by atoms with van der Waals surface area (Å²) in [5.41, 5.74) is 9.56. The van der Waals surface area contributed by atoms with Crippen LogP contribution in [0.25, 0.3) is 0 Å². The van der Waals surface area contributed by atoms with E-state index in [-0.39, 0.29) is 82.7 Å². The third-order valence-electron chi connectivity index (χ3n) is 25.1. The molecular formula is C66H96N4O7. The number of fused-ring (bicyclic) bond motifs is 2. The maximum absolute atomic E-state index is 16.6. The Bertz CT molecular complexity index is 2640. The average molecular weight is 1060 g/mol. The summed E-state index contributed by atoms with van der Waals surface area (Å²) in [6.07, 6.45) is 14.9. The quantitative estimate of drug-likeness (QED) is 0.0790. The molecule has 2 aliphatic heterocycles. The van der Waals surface area contributed by atoms with Crippen molar-refractivity contribution in [2.75, 3.05) is 39.5 Å². The summed E-state index contributed by atoms with van der Waals surface area (Å²) in [6.45, 7) is 13.7. The van der Waals surface area contributed by atoms with Crippen molar-refractivity contribution in [2.45, 2.75) is 198 Å². The van der Waals surface area contributed by atoms with Gasteiger partial charge in [0, 0.05) is 54.1 Å². The second-order valence-electron chi connectivity index (χ2n) is 29.0. The number of aliphatic hydroxyl groups excluding tert-OH is 2. The first-order chi connectivity index (χ1) is 36.8. The van der Waals surface area contributed by atoms with Crippen molar-refractivity contribution in [1.29, 1.82) is 0 Å². The Balaban J connectivity index is 1.01. The highest BCUT2D eigenvalue weighted by Gasteiger charge is 2.79. The van der Waals surface area contributed by atoms with Crippen LogP contribution < -0.4 is 21.7 Å². The molecule has 1 spiro atoms. The fourth-order valence-electron chi connectivity index (χ4n) is 22.2. The van der Waals surface area contributed by atoms with E-state index in [9.17, 15) is 20.4 Å². The number of Topliss-reactive ketones (excluding diaryl/α,β-unsaturated/α-hetero) is 2. The molecular weight excluding hydrogens is 961 g/mol. The van der Waals surface area contributed by atoms with Crippen molar-refractivity contribution in [3.05, 3.63) is 70.3 Å². The molecule has 5 bridgehead atoms. The molecule has 2 heterocycles. The number of carbonyl (C=O) groups is 2. The van der Waals surface area contributed by atoms with Crippen molar-refractivity contribution in [3.63, 3.8) is 0 Å². The number of nitrogen functional groups attached to an aromatic ring is 1. The van der Waals surface area contributed by atoms with Crippen LogP contribution in [0.1, 0.15) is 179 Å². The van der Waals surface area contributed by atoms with Gasteiger partial charge >= 0.3 is 0 Å². The van der Waals surface area contributed by atoms with Gasteiger partial charge in [0.05, 0.1) is 17.3 Å². The number of anilines is 1. The van der Waals surface area contributed by atoms with Gasteiger partial charge in [-0.2, -0.15) is 0 Å². The topological polar surface area (TPSA) is 190 Å². The maximum Gasteiger partial charge on any atom is 0.163 e. The van der Waals surface area contributed by atoms with E-state index in [4.69, 9.17) is 10.5 Å². The lowest BCUT2D eigenvalue weighted by Crippen LogP contribution is -2.75. The minimum absolute atomic E-state index is 0.00681. The van der Waals surface area contributed by atoms with Gasteiger partial charge in [0.25, 0.3) is 0 Å². The molecule has 0 radical (unpaired) electrons. The SMILES string of the molecule is CNCc1cc(O)cc(C2CC3(C)C4C(CC56C7CCC8CCC(CO)CC8C(CC(O)C8OC8(C)C8CCCC8c8cccc(N)c8)C8=C(CCC35)C6(C)C(CC7CNC)C8=O)NCC(C)(O)CCCCC4(C)C2=O)c1. The van der Waals surface area contributed by atoms with Crippen LogP contribution in [0, 0.1) is 80.8 Å². The number of allylic oxidation sites excluding steroid dienone is 2. The third-order valence-corrected chi connectivity index (χ3v) is 25.1. The van der Waals surface area contributed by atoms with Gasteiger partial charge in [0.15, 0.2) is 5.78 Å². The van der Waals surface area contributed by atoms with E-state index in [2.05, 4.69) is 75.0 Å². The van der Waals surface area contributed by atoms with E-state index in [0.717, 1.165) is 125 Å². The van der Waals surface area contributed by atoms with Crippen LogP contribution >= 0.6 is 0 Å². The molecule has 0 aromatic heterocycles. The largest absolute Gasteiger partial charge is 0.508 e. The van der Waals surface area contributed by atoms with Gasteiger partial charge < -0.3 is 46.8 Å². The third kappa shape index (κ3) is 8.38.